The fourth-order valence-corrected chi connectivity index (χ4v) is 3.80. The summed E-state index contributed by atoms with van der Waals surface area (Å²) in [5, 5.41) is 0. The van der Waals surface area contributed by atoms with Crippen LogP contribution >= 0.6 is 0 Å². The molecular formula is C21H26N6O2. The molecule has 2 aliphatic rings. The number of amides is 2. The van der Waals surface area contributed by atoms with Crippen molar-refractivity contribution in [1.82, 2.24) is 19.8 Å². The van der Waals surface area contributed by atoms with Crippen molar-refractivity contribution >= 4 is 24.0 Å². The number of nitrogens with zero attached hydrogens (tertiary/aromatic N) is 6. The van der Waals surface area contributed by atoms with E-state index >= 15 is 0 Å². The molecule has 2 fully saturated rings. The van der Waals surface area contributed by atoms with Gasteiger partial charge >= 0.3 is 0 Å². The number of hydrogen-bond acceptors (Lipinski definition) is 6. The average molecular weight is 394 g/mol. The molecule has 1 aromatic heterocycles. The summed E-state index contributed by atoms with van der Waals surface area (Å²) < 4.78 is 0. The van der Waals surface area contributed by atoms with E-state index in [1.54, 1.807) is 15.9 Å². The standard InChI is InChI=1S/C21H26N6O2/c1-17-15-19(20(29)26-9-7-24(16-28)8-10-26)23-21(22-17)27-13-11-25(12-14-27)18-5-3-2-4-6-18/h2-6,15-16H,7-14H2,1H3. The highest BCUT2D eigenvalue weighted by Crippen LogP contribution is 2.19. The largest absolute Gasteiger partial charge is 0.368 e. The average Bonchev–Trinajstić information content (AvgIpc) is 2.79. The van der Waals surface area contributed by atoms with E-state index in [9.17, 15) is 9.59 Å². The number of rotatable bonds is 4. The zero-order chi connectivity index (χ0) is 20.2. The molecule has 4 rings (SSSR count). The van der Waals surface area contributed by atoms with Crippen LogP contribution in [0.15, 0.2) is 36.4 Å². The third kappa shape index (κ3) is 4.31. The molecule has 29 heavy (non-hydrogen) atoms. The number of carbonyl (C=O) groups excluding carboxylic acids is 2. The Morgan fingerprint density at radius 1 is 0.897 bits per heavy atom. The van der Waals surface area contributed by atoms with Gasteiger partial charge in [-0.3, -0.25) is 9.59 Å². The second-order valence-corrected chi connectivity index (χ2v) is 7.44. The predicted octanol–water partition coefficient (Wildman–Crippen LogP) is 1.03. The summed E-state index contributed by atoms with van der Waals surface area (Å²) >= 11 is 0. The third-order valence-corrected chi connectivity index (χ3v) is 5.50. The Labute approximate surface area is 170 Å². The molecule has 2 amide bonds. The monoisotopic (exact) mass is 394 g/mol. The van der Waals surface area contributed by atoms with Gasteiger partial charge in [-0.2, -0.15) is 0 Å². The van der Waals surface area contributed by atoms with Gasteiger partial charge in [0.1, 0.15) is 5.69 Å². The molecule has 0 bridgehead atoms. The third-order valence-electron chi connectivity index (χ3n) is 5.50. The normalized spacial score (nSPS) is 17.4. The van der Waals surface area contributed by atoms with E-state index in [0.29, 0.717) is 37.8 Å². The summed E-state index contributed by atoms with van der Waals surface area (Å²) in [6, 6.07) is 12.1. The highest BCUT2D eigenvalue weighted by molar-refractivity contribution is 5.92. The van der Waals surface area contributed by atoms with E-state index in [1.165, 1.54) is 5.69 Å². The second kappa shape index (κ2) is 8.46. The van der Waals surface area contributed by atoms with Crippen LogP contribution in [-0.2, 0) is 4.79 Å². The van der Waals surface area contributed by atoms with Crippen molar-refractivity contribution in [2.24, 2.45) is 0 Å². The molecule has 8 nitrogen and oxygen atoms in total. The molecule has 2 saturated heterocycles. The molecule has 0 aliphatic carbocycles. The van der Waals surface area contributed by atoms with Crippen LogP contribution in [0.2, 0.25) is 0 Å². The van der Waals surface area contributed by atoms with E-state index in [4.69, 9.17) is 0 Å². The van der Waals surface area contributed by atoms with Gasteiger partial charge in [0.25, 0.3) is 5.91 Å². The van der Waals surface area contributed by atoms with Crippen molar-refractivity contribution in [2.45, 2.75) is 6.92 Å². The lowest BCUT2D eigenvalue weighted by Gasteiger charge is -2.36. The Balaban J connectivity index is 1.44. The molecule has 2 aliphatic heterocycles. The summed E-state index contributed by atoms with van der Waals surface area (Å²) in [5.74, 6) is 0.526. The Kier molecular flexibility index (Phi) is 5.59. The van der Waals surface area contributed by atoms with Crippen LogP contribution in [0.1, 0.15) is 16.2 Å². The van der Waals surface area contributed by atoms with Crippen LogP contribution in [0.5, 0.6) is 0 Å². The van der Waals surface area contributed by atoms with Crippen molar-refractivity contribution in [3.8, 4) is 0 Å². The molecule has 0 atom stereocenters. The van der Waals surface area contributed by atoms with Gasteiger partial charge in [-0.25, -0.2) is 9.97 Å². The zero-order valence-electron chi connectivity index (χ0n) is 16.7. The molecule has 3 heterocycles. The molecule has 2 aromatic rings. The SMILES string of the molecule is Cc1cc(C(=O)N2CCN(C=O)CC2)nc(N2CCN(c3ccccc3)CC2)n1. The molecule has 0 radical (unpaired) electrons. The maximum atomic E-state index is 12.9. The van der Waals surface area contributed by atoms with E-state index in [-0.39, 0.29) is 5.91 Å². The number of benzene rings is 1. The van der Waals surface area contributed by atoms with Crippen molar-refractivity contribution < 1.29 is 9.59 Å². The van der Waals surface area contributed by atoms with E-state index in [0.717, 1.165) is 38.3 Å². The fraction of sp³-hybridized carbons (Fsp3) is 0.429. The number of hydrogen-bond donors (Lipinski definition) is 0. The minimum atomic E-state index is -0.0924. The zero-order valence-corrected chi connectivity index (χ0v) is 16.7. The number of aromatic nitrogens is 2. The maximum Gasteiger partial charge on any atom is 0.272 e. The highest BCUT2D eigenvalue weighted by Gasteiger charge is 2.25. The van der Waals surface area contributed by atoms with Gasteiger partial charge in [-0.15, -0.1) is 0 Å². The van der Waals surface area contributed by atoms with Crippen molar-refractivity contribution in [3.05, 3.63) is 47.8 Å². The van der Waals surface area contributed by atoms with Gasteiger partial charge in [0, 0.05) is 63.7 Å². The number of carbonyl (C=O) groups is 2. The lowest BCUT2D eigenvalue weighted by molar-refractivity contribution is -0.119. The van der Waals surface area contributed by atoms with Gasteiger partial charge in [-0.1, -0.05) is 18.2 Å². The van der Waals surface area contributed by atoms with Crippen LogP contribution in [0, 0.1) is 6.92 Å². The topological polar surface area (TPSA) is 72.9 Å². The number of piperazine rings is 2. The molecule has 0 unspecified atom stereocenters. The molecular weight excluding hydrogens is 368 g/mol. The number of para-hydroxylation sites is 1. The van der Waals surface area contributed by atoms with Gasteiger partial charge in [0.2, 0.25) is 12.4 Å². The first-order valence-corrected chi connectivity index (χ1v) is 10.0. The van der Waals surface area contributed by atoms with E-state index in [1.807, 2.05) is 13.0 Å². The summed E-state index contributed by atoms with van der Waals surface area (Å²) in [6.07, 6.45) is 0.837. The van der Waals surface area contributed by atoms with Gasteiger partial charge < -0.3 is 19.6 Å². The summed E-state index contributed by atoms with van der Waals surface area (Å²) in [4.78, 5) is 40.9. The minimum absolute atomic E-state index is 0.0924. The van der Waals surface area contributed by atoms with Crippen LogP contribution in [0.3, 0.4) is 0 Å². The van der Waals surface area contributed by atoms with Gasteiger partial charge in [-0.05, 0) is 25.1 Å². The van der Waals surface area contributed by atoms with Crippen LogP contribution in [0.4, 0.5) is 11.6 Å². The van der Waals surface area contributed by atoms with Crippen LogP contribution in [0.25, 0.3) is 0 Å². The van der Waals surface area contributed by atoms with E-state index < -0.39 is 0 Å². The Bertz CT molecular complexity index is 859. The fourth-order valence-electron chi connectivity index (χ4n) is 3.80. The number of anilines is 2. The quantitative estimate of drug-likeness (QED) is 0.721. The van der Waals surface area contributed by atoms with E-state index in [2.05, 4.69) is 44.0 Å². The first kappa shape index (κ1) is 19.2. The molecule has 1 aromatic carbocycles. The highest BCUT2D eigenvalue weighted by atomic mass is 16.2. The summed E-state index contributed by atoms with van der Waals surface area (Å²) in [6.45, 7) is 7.48. The van der Waals surface area contributed by atoms with Crippen molar-refractivity contribution in [2.75, 3.05) is 62.2 Å². The minimum Gasteiger partial charge on any atom is -0.368 e. The Hall–Kier alpha value is -3.16. The summed E-state index contributed by atoms with van der Waals surface area (Å²) in [5.41, 5.74) is 2.44. The van der Waals surface area contributed by atoms with Gasteiger partial charge in [0.15, 0.2) is 0 Å². The van der Waals surface area contributed by atoms with Crippen LogP contribution < -0.4 is 9.80 Å². The Morgan fingerprint density at radius 3 is 2.21 bits per heavy atom. The summed E-state index contributed by atoms with van der Waals surface area (Å²) in [7, 11) is 0. The molecule has 152 valence electrons. The lowest BCUT2D eigenvalue weighted by Crippen LogP contribution is -2.49. The smallest absolute Gasteiger partial charge is 0.272 e. The molecule has 8 heteroatoms. The first-order valence-electron chi connectivity index (χ1n) is 10.0. The molecule has 0 spiro atoms. The van der Waals surface area contributed by atoms with Gasteiger partial charge in [0.05, 0.1) is 0 Å². The second-order valence-electron chi connectivity index (χ2n) is 7.44. The maximum absolute atomic E-state index is 12.9. The Morgan fingerprint density at radius 2 is 1.55 bits per heavy atom. The molecule has 0 N–H and O–H groups in total. The molecule has 0 saturated carbocycles. The van der Waals surface area contributed by atoms with Crippen molar-refractivity contribution in [3.63, 3.8) is 0 Å². The predicted molar refractivity (Wildman–Crippen MR) is 111 cm³/mol. The first-order chi connectivity index (χ1) is 14.1. The van der Waals surface area contributed by atoms with Crippen molar-refractivity contribution in [1.29, 1.82) is 0 Å². The van der Waals surface area contributed by atoms with Crippen LogP contribution in [-0.4, -0.2) is 84.4 Å². The number of aryl methyl sites for hydroxylation is 1. The lowest BCUT2D eigenvalue weighted by atomic mass is 10.2.